The first-order chi connectivity index (χ1) is 17.8. The summed E-state index contributed by atoms with van der Waals surface area (Å²) in [5.41, 5.74) is 4.56. The van der Waals surface area contributed by atoms with Gasteiger partial charge in [0.25, 0.3) is 0 Å². The van der Waals surface area contributed by atoms with Gasteiger partial charge < -0.3 is 14.6 Å². The largest absolute Gasteiger partial charge is 0.497 e. The summed E-state index contributed by atoms with van der Waals surface area (Å²) < 4.78 is 34.0. The Balaban J connectivity index is 1.42. The number of sulfonamides is 1. The second kappa shape index (κ2) is 10.2. The van der Waals surface area contributed by atoms with Crippen LogP contribution in [0.2, 0.25) is 0 Å². The van der Waals surface area contributed by atoms with Crippen LogP contribution in [0.25, 0.3) is 11.0 Å². The van der Waals surface area contributed by atoms with E-state index < -0.39 is 16.2 Å². The van der Waals surface area contributed by atoms with Crippen molar-refractivity contribution in [1.82, 2.24) is 19.2 Å². The Kier molecular flexibility index (Phi) is 6.98. The minimum absolute atomic E-state index is 0.129. The third-order valence-electron chi connectivity index (χ3n) is 6.44. The zero-order chi connectivity index (χ0) is 26.2. The highest BCUT2D eigenvalue weighted by molar-refractivity contribution is 7.99. The number of nitrogens with one attached hydrogen (secondary N) is 1. The number of hydrogen-bond donors (Lipinski definition) is 1. The van der Waals surface area contributed by atoms with Crippen molar-refractivity contribution in [2.24, 2.45) is 0 Å². The third kappa shape index (κ3) is 5.09. The van der Waals surface area contributed by atoms with Crippen molar-refractivity contribution in [1.29, 1.82) is 0 Å². The van der Waals surface area contributed by atoms with Crippen molar-refractivity contribution in [3.05, 3.63) is 83.4 Å². The fourth-order valence-corrected chi connectivity index (χ4v) is 6.81. The summed E-state index contributed by atoms with van der Waals surface area (Å²) in [6, 6.07) is 19.9. The number of aryl methyl sites for hydroxylation is 2. The number of ether oxygens (including phenoxy) is 1. The number of aromatic amines is 1. The molecule has 1 aliphatic rings. The fraction of sp³-hybridized carbons (Fsp3) is 0.259. The Morgan fingerprint density at radius 1 is 1.03 bits per heavy atom. The molecule has 3 aromatic carbocycles. The second-order valence-electron chi connectivity index (χ2n) is 9.01. The number of benzene rings is 3. The number of methoxy groups -OCH3 is 1. The number of carbonyl (C=O) groups excluding carboxylic acids is 1. The molecule has 1 fully saturated rings. The number of aromatic nitrogens is 2. The first-order valence-corrected chi connectivity index (χ1v) is 14.3. The number of thioether (sulfide) groups is 1. The zero-order valence-corrected chi connectivity index (χ0v) is 22.5. The second-order valence-corrected chi connectivity index (χ2v) is 11.9. The molecule has 8 nitrogen and oxygen atoms in total. The van der Waals surface area contributed by atoms with Crippen LogP contribution in [0, 0.1) is 13.8 Å². The molecule has 4 aromatic rings. The van der Waals surface area contributed by atoms with Crippen molar-refractivity contribution in [2.45, 2.75) is 30.1 Å². The molecule has 1 aromatic heterocycles. The zero-order valence-electron chi connectivity index (χ0n) is 20.8. The van der Waals surface area contributed by atoms with Crippen molar-refractivity contribution in [3.63, 3.8) is 0 Å². The predicted molar refractivity (Wildman–Crippen MR) is 144 cm³/mol. The first kappa shape index (κ1) is 25.3. The minimum Gasteiger partial charge on any atom is -0.497 e. The Bertz CT molecular complexity index is 1530. The highest BCUT2D eigenvalue weighted by Crippen LogP contribution is 2.36. The van der Waals surface area contributed by atoms with Gasteiger partial charge in [0.05, 0.1) is 28.8 Å². The summed E-state index contributed by atoms with van der Waals surface area (Å²) >= 11 is 1.31. The van der Waals surface area contributed by atoms with Gasteiger partial charge in [0.15, 0.2) is 5.16 Å². The van der Waals surface area contributed by atoms with E-state index in [2.05, 4.69) is 9.97 Å². The molecule has 1 atom stereocenters. The van der Waals surface area contributed by atoms with Crippen LogP contribution < -0.4 is 4.74 Å². The Morgan fingerprint density at radius 3 is 2.43 bits per heavy atom. The van der Waals surface area contributed by atoms with Crippen LogP contribution in [0.3, 0.4) is 0 Å². The normalized spacial score (nSPS) is 16.4. The van der Waals surface area contributed by atoms with E-state index in [-0.39, 0.29) is 23.1 Å². The number of H-pyrrole nitrogens is 1. The van der Waals surface area contributed by atoms with E-state index in [4.69, 9.17) is 4.74 Å². The lowest BCUT2D eigenvalue weighted by molar-refractivity contribution is -0.130. The van der Waals surface area contributed by atoms with Gasteiger partial charge in [-0.1, -0.05) is 47.7 Å². The molecule has 0 bridgehead atoms. The molecule has 5 rings (SSSR count). The maximum atomic E-state index is 13.7. The van der Waals surface area contributed by atoms with Crippen LogP contribution in [0.5, 0.6) is 5.75 Å². The van der Waals surface area contributed by atoms with E-state index in [0.29, 0.717) is 23.0 Å². The number of hydrogen-bond acceptors (Lipinski definition) is 6. The molecule has 0 spiro atoms. The molecular formula is C27H28N4O4S2. The Labute approximate surface area is 220 Å². The molecule has 0 aliphatic carbocycles. The van der Waals surface area contributed by atoms with Crippen LogP contribution in [0.15, 0.2) is 76.8 Å². The van der Waals surface area contributed by atoms with Gasteiger partial charge in [-0.05, 0) is 61.4 Å². The van der Waals surface area contributed by atoms with Gasteiger partial charge in [0.2, 0.25) is 15.9 Å². The molecule has 192 valence electrons. The maximum Gasteiger partial charge on any atom is 0.245 e. The number of imidazole rings is 1. The highest BCUT2D eigenvalue weighted by atomic mass is 32.2. The third-order valence-corrected chi connectivity index (χ3v) is 9.16. The molecule has 10 heteroatoms. The van der Waals surface area contributed by atoms with E-state index in [1.807, 2.05) is 44.2 Å². The van der Waals surface area contributed by atoms with Crippen LogP contribution in [-0.2, 0) is 14.8 Å². The SMILES string of the molecule is COc1ccc([C@@H]2N(C(=O)CSc3nc4ccc(C)cc4[nH]3)CCN2S(=O)(=O)c2ccc(C)cc2)cc1. The van der Waals surface area contributed by atoms with Crippen LogP contribution in [0.4, 0.5) is 0 Å². The number of amides is 1. The Morgan fingerprint density at radius 2 is 1.73 bits per heavy atom. The van der Waals surface area contributed by atoms with Crippen LogP contribution >= 0.6 is 11.8 Å². The Hall–Kier alpha value is -3.34. The van der Waals surface area contributed by atoms with Gasteiger partial charge in [0.1, 0.15) is 11.9 Å². The summed E-state index contributed by atoms with van der Waals surface area (Å²) in [7, 11) is -2.27. The molecule has 0 unspecified atom stereocenters. The van der Waals surface area contributed by atoms with Gasteiger partial charge in [-0.15, -0.1) is 0 Å². The van der Waals surface area contributed by atoms with Gasteiger partial charge >= 0.3 is 0 Å². The van der Waals surface area contributed by atoms with Crippen molar-refractivity contribution in [2.75, 3.05) is 26.0 Å². The maximum absolute atomic E-state index is 13.7. The molecule has 0 saturated carbocycles. The summed E-state index contributed by atoms with van der Waals surface area (Å²) in [5, 5.41) is 0.651. The van der Waals surface area contributed by atoms with E-state index in [0.717, 1.165) is 22.2 Å². The molecule has 1 saturated heterocycles. The molecule has 1 N–H and O–H groups in total. The van der Waals surface area contributed by atoms with Gasteiger partial charge in [0, 0.05) is 13.1 Å². The van der Waals surface area contributed by atoms with Crippen molar-refractivity contribution >= 4 is 38.7 Å². The summed E-state index contributed by atoms with van der Waals surface area (Å²) in [4.78, 5) is 23.1. The topological polar surface area (TPSA) is 95.6 Å². The van der Waals surface area contributed by atoms with Crippen molar-refractivity contribution < 1.29 is 17.9 Å². The highest BCUT2D eigenvalue weighted by Gasteiger charge is 2.43. The lowest BCUT2D eigenvalue weighted by Crippen LogP contribution is -2.38. The van der Waals surface area contributed by atoms with Crippen molar-refractivity contribution in [3.8, 4) is 5.75 Å². The van der Waals surface area contributed by atoms with E-state index in [1.165, 1.54) is 16.1 Å². The van der Waals surface area contributed by atoms with E-state index in [1.54, 1.807) is 48.4 Å². The summed E-state index contributed by atoms with van der Waals surface area (Å²) in [5.74, 6) is 0.622. The lowest BCUT2D eigenvalue weighted by atomic mass is 10.1. The molecule has 2 heterocycles. The number of rotatable bonds is 7. The average Bonchev–Trinajstić information content (AvgIpc) is 3.52. The van der Waals surface area contributed by atoms with E-state index >= 15 is 0 Å². The standard InChI is InChI=1S/C27H28N4O4S2/c1-18-4-11-22(12-5-18)37(33,34)31-15-14-30(26(31)20-7-9-21(35-3)10-8-20)25(32)17-36-27-28-23-13-6-19(2)16-24(23)29-27/h4-13,16,26H,14-15,17H2,1-3H3,(H,28,29)/t26-/m1/s1. The monoisotopic (exact) mass is 536 g/mol. The predicted octanol–water partition coefficient (Wildman–Crippen LogP) is 4.51. The number of nitrogens with zero attached hydrogens (tertiary/aromatic N) is 3. The molecule has 0 radical (unpaired) electrons. The summed E-state index contributed by atoms with van der Waals surface area (Å²) in [6.45, 7) is 4.42. The average molecular weight is 537 g/mol. The number of carbonyl (C=O) groups is 1. The minimum atomic E-state index is -3.84. The quantitative estimate of drug-likeness (QED) is 0.349. The number of fused-ring (bicyclic) bond motifs is 1. The van der Waals surface area contributed by atoms with Gasteiger partial charge in [-0.3, -0.25) is 4.79 Å². The molecular weight excluding hydrogens is 508 g/mol. The van der Waals surface area contributed by atoms with Gasteiger partial charge in [-0.25, -0.2) is 13.4 Å². The van der Waals surface area contributed by atoms with E-state index in [9.17, 15) is 13.2 Å². The molecule has 1 aliphatic heterocycles. The molecule has 1 amide bonds. The van der Waals surface area contributed by atoms with Crippen LogP contribution in [-0.4, -0.2) is 59.5 Å². The first-order valence-electron chi connectivity index (χ1n) is 11.9. The van der Waals surface area contributed by atoms with Crippen LogP contribution in [0.1, 0.15) is 22.9 Å². The fourth-order valence-electron chi connectivity index (χ4n) is 4.47. The lowest BCUT2D eigenvalue weighted by Gasteiger charge is -2.30. The molecule has 37 heavy (non-hydrogen) atoms. The smallest absolute Gasteiger partial charge is 0.245 e. The summed E-state index contributed by atoms with van der Waals surface area (Å²) in [6.07, 6.45) is -0.761. The van der Waals surface area contributed by atoms with Gasteiger partial charge in [-0.2, -0.15) is 4.31 Å².